The lowest BCUT2D eigenvalue weighted by atomic mass is 10.1. The van der Waals surface area contributed by atoms with Crippen molar-refractivity contribution in [2.75, 3.05) is 13.0 Å². The zero-order valence-corrected chi connectivity index (χ0v) is 15.0. The zero-order valence-electron chi connectivity index (χ0n) is 13.4. The highest BCUT2D eigenvalue weighted by molar-refractivity contribution is 7.98. The quantitative estimate of drug-likeness (QED) is 0.523. The molecule has 2 aromatic carbocycles. The highest BCUT2D eigenvalue weighted by Gasteiger charge is 2.13. The van der Waals surface area contributed by atoms with Crippen LogP contribution in [0.4, 0.5) is 4.39 Å². The van der Waals surface area contributed by atoms with Crippen LogP contribution in [0.2, 0.25) is 5.02 Å². The number of ether oxygens (including phenoxy) is 1. The number of thioether (sulfide) groups is 1. The fraction of sp³-hybridized carbons (Fsp3) is 0.176. The van der Waals surface area contributed by atoms with Gasteiger partial charge in [0, 0.05) is 22.8 Å². The summed E-state index contributed by atoms with van der Waals surface area (Å²) in [6.07, 6.45) is 0.536. The Morgan fingerprint density at radius 3 is 2.64 bits per heavy atom. The summed E-state index contributed by atoms with van der Waals surface area (Å²) in [4.78, 5) is 0. The lowest BCUT2D eigenvalue weighted by Crippen LogP contribution is -2.14. The molecule has 0 atom stereocenters. The van der Waals surface area contributed by atoms with E-state index in [-0.39, 0.29) is 5.82 Å². The Hall–Kier alpha value is -2.25. The predicted octanol–water partition coefficient (Wildman–Crippen LogP) is 3.68. The van der Waals surface area contributed by atoms with Crippen molar-refractivity contribution in [1.29, 1.82) is 0 Å². The Morgan fingerprint density at radius 1 is 1.20 bits per heavy atom. The summed E-state index contributed by atoms with van der Waals surface area (Å²) in [7, 11) is 1.62. The number of halogens is 2. The van der Waals surface area contributed by atoms with Crippen molar-refractivity contribution in [3.63, 3.8) is 0 Å². The second kappa shape index (κ2) is 7.76. The molecule has 0 fully saturated rings. The summed E-state index contributed by atoms with van der Waals surface area (Å²) < 4.78 is 20.4. The molecule has 0 radical (unpaired) electrons. The molecule has 0 aliphatic rings. The first-order chi connectivity index (χ1) is 12.1. The van der Waals surface area contributed by atoms with E-state index < -0.39 is 0 Å². The number of rotatable bonds is 6. The van der Waals surface area contributed by atoms with Crippen LogP contribution in [0.25, 0.3) is 0 Å². The number of nitrogens with two attached hydrogens (primary N) is 1. The molecule has 1 aromatic heterocycles. The van der Waals surface area contributed by atoms with Crippen molar-refractivity contribution in [2.24, 2.45) is 0 Å². The van der Waals surface area contributed by atoms with Crippen molar-refractivity contribution in [2.45, 2.75) is 17.3 Å². The highest BCUT2D eigenvalue weighted by atomic mass is 35.5. The van der Waals surface area contributed by atoms with Gasteiger partial charge in [-0.05, 0) is 29.8 Å². The average Bonchev–Trinajstić information content (AvgIpc) is 2.95. The second-order valence-corrected chi connectivity index (χ2v) is 6.63. The van der Waals surface area contributed by atoms with E-state index >= 15 is 0 Å². The van der Waals surface area contributed by atoms with Gasteiger partial charge in [0.2, 0.25) is 5.16 Å². The first kappa shape index (κ1) is 17.6. The molecule has 130 valence electrons. The number of nitrogen functional groups attached to an aromatic ring is 1. The molecular weight excluding hydrogens is 363 g/mol. The molecule has 2 N–H and O–H groups in total. The summed E-state index contributed by atoms with van der Waals surface area (Å²) in [6, 6.07) is 12.3. The topological polar surface area (TPSA) is 66.0 Å². The van der Waals surface area contributed by atoms with Gasteiger partial charge >= 0.3 is 0 Å². The Morgan fingerprint density at radius 2 is 1.96 bits per heavy atom. The first-order valence-electron chi connectivity index (χ1n) is 7.46. The maximum absolute atomic E-state index is 13.8. The van der Waals surface area contributed by atoms with Crippen molar-refractivity contribution in [3.05, 3.63) is 70.3 Å². The smallest absolute Gasteiger partial charge is 0.210 e. The Balaban J connectivity index is 1.70. The molecule has 3 rings (SSSR count). The van der Waals surface area contributed by atoms with Gasteiger partial charge in [0.15, 0.2) is 5.82 Å². The Bertz CT molecular complexity index is 849. The third kappa shape index (κ3) is 4.05. The van der Waals surface area contributed by atoms with Crippen LogP contribution in [0.1, 0.15) is 17.0 Å². The number of benzene rings is 2. The third-order valence-corrected chi connectivity index (χ3v) is 4.99. The third-order valence-electron chi connectivity index (χ3n) is 3.66. The van der Waals surface area contributed by atoms with Gasteiger partial charge in [0.1, 0.15) is 11.6 Å². The standard InChI is InChI=1S/C17H16ClFN4OS/c1-24-12-7-5-11(6-8-12)9-16-21-22-17(23(16)20)25-10-13-14(18)3-2-4-15(13)19/h2-8H,9-10,20H2,1H3. The molecule has 0 aliphatic heterocycles. The van der Waals surface area contributed by atoms with Crippen LogP contribution in [0.5, 0.6) is 5.75 Å². The number of nitrogens with zero attached hydrogens (tertiary/aromatic N) is 3. The van der Waals surface area contributed by atoms with Crippen LogP contribution >= 0.6 is 23.4 Å². The van der Waals surface area contributed by atoms with Crippen LogP contribution in [-0.4, -0.2) is 22.0 Å². The molecule has 0 aliphatic carbocycles. The van der Waals surface area contributed by atoms with Gasteiger partial charge in [-0.3, -0.25) is 0 Å². The number of methoxy groups -OCH3 is 1. The molecule has 0 spiro atoms. The van der Waals surface area contributed by atoms with E-state index in [0.29, 0.717) is 33.7 Å². The summed E-state index contributed by atoms with van der Waals surface area (Å²) in [5.74, 6) is 7.45. The summed E-state index contributed by atoms with van der Waals surface area (Å²) in [5.41, 5.74) is 1.46. The zero-order chi connectivity index (χ0) is 17.8. The largest absolute Gasteiger partial charge is 0.497 e. The minimum atomic E-state index is -0.346. The van der Waals surface area contributed by atoms with Crippen LogP contribution < -0.4 is 10.6 Å². The monoisotopic (exact) mass is 378 g/mol. The van der Waals surface area contributed by atoms with E-state index in [2.05, 4.69) is 10.2 Å². The summed E-state index contributed by atoms with van der Waals surface area (Å²) in [5, 5.41) is 9.09. The SMILES string of the molecule is COc1ccc(Cc2nnc(SCc3c(F)cccc3Cl)n2N)cc1. The maximum Gasteiger partial charge on any atom is 0.210 e. The summed E-state index contributed by atoms with van der Waals surface area (Å²) in [6.45, 7) is 0. The normalized spacial score (nSPS) is 10.8. The van der Waals surface area contributed by atoms with Gasteiger partial charge in [0.05, 0.1) is 7.11 Å². The van der Waals surface area contributed by atoms with E-state index in [1.165, 1.54) is 22.5 Å². The lowest BCUT2D eigenvalue weighted by Gasteiger charge is -2.06. The predicted molar refractivity (Wildman–Crippen MR) is 96.9 cm³/mol. The number of aromatic nitrogens is 3. The number of hydrogen-bond acceptors (Lipinski definition) is 5. The van der Waals surface area contributed by atoms with E-state index in [1.54, 1.807) is 19.2 Å². The maximum atomic E-state index is 13.8. The van der Waals surface area contributed by atoms with Crippen molar-refractivity contribution in [3.8, 4) is 5.75 Å². The molecule has 8 heteroatoms. The summed E-state index contributed by atoms with van der Waals surface area (Å²) >= 11 is 7.32. The van der Waals surface area contributed by atoms with Crippen molar-refractivity contribution in [1.82, 2.24) is 14.9 Å². The highest BCUT2D eigenvalue weighted by Crippen LogP contribution is 2.27. The van der Waals surface area contributed by atoms with Crippen LogP contribution in [0.3, 0.4) is 0 Å². The van der Waals surface area contributed by atoms with Gasteiger partial charge in [0.25, 0.3) is 0 Å². The fourth-order valence-corrected chi connectivity index (χ4v) is 3.48. The Kier molecular flexibility index (Phi) is 5.45. The fourth-order valence-electron chi connectivity index (χ4n) is 2.26. The molecular formula is C17H16ClFN4OS. The molecule has 0 saturated carbocycles. The van der Waals surface area contributed by atoms with Crippen molar-refractivity contribution >= 4 is 23.4 Å². The lowest BCUT2D eigenvalue weighted by molar-refractivity contribution is 0.414. The molecule has 0 unspecified atom stereocenters. The molecule has 25 heavy (non-hydrogen) atoms. The molecule has 1 heterocycles. The minimum Gasteiger partial charge on any atom is -0.497 e. The molecule has 0 bridgehead atoms. The first-order valence-corrected chi connectivity index (χ1v) is 8.83. The van der Waals surface area contributed by atoms with E-state index in [4.69, 9.17) is 22.2 Å². The van der Waals surface area contributed by atoms with Crippen molar-refractivity contribution < 1.29 is 9.13 Å². The Labute approximate surface area is 153 Å². The van der Waals surface area contributed by atoms with Gasteiger partial charge in [-0.15, -0.1) is 10.2 Å². The van der Waals surface area contributed by atoms with Gasteiger partial charge in [-0.2, -0.15) is 0 Å². The van der Waals surface area contributed by atoms with E-state index in [9.17, 15) is 4.39 Å². The molecule has 0 amide bonds. The minimum absolute atomic E-state index is 0.323. The van der Waals surface area contributed by atoms with Gasteiger partial charge in [-0.25, -0.2) is 9.07 Å². The number of hydrogen-bond donors (Lipinski definition) is 1. The van der Waals surface area contributed by atoms with Gasteiger partial charge in [-0.1, -0.05) is 41.6 Å². The molecule has 3 aromatic rings. The van der Waals surface area contributed by atoms with E-state index in [0.717, 1.165) is 11.3 Å². The van der Waals surface area contributed by atoms with Gasteiger partial charge < -0.3 is 10.6 Å². The van der Waals surface area contributed by atoms with E-state index in [1.807, 2.05) is 24.3 Å². The van der Waals surface area contributed by atoms with Crippen LogP contribution in [0, 0.1) is 5.82 Å². The molecule has 5 nitrogen and oxygen atoms in total. The second-order valence-electron chi connectivity index (χ2n) is 5.28. The van der Waals surface area contributed by atoms with Crippen LogP contribution in [-0.2, 0) is 12.2 Å². The average molecular weight is 379 g/mol. The molecule has 0 saturated heterocycles. The van der Waals surface area contributed by atoms with Crippen LogP contribution in [0.15, 0.2) is 47.6 Å².